The fourth-order valence-electron chi connectivity index (χ4n) is 1.90. The fraction of sp³-hybridized carbons (Fsp3) is 0.125. The highest BCUT2D eigenvalue weighted by Gasteiger charge is 2.22. The third kappa shape index (κ3) is 3.92. The molecule has 0 saturated heterocycles. The molecule has 0 aliphatic rings. The molecule has 2 aromatic rings. The lowest BCUT2D eigenvalue weighted by atomic mass is 10.1. The van der Waals surface area contributed by atoms with Crippen LogP contribution in [0.2, 0.25) is 5.02 Å². The Morgan fingerprint density at radius 3 is 2.39 bits per heavy atom. The van der Waals surface area contributed by atoms with E-state index in [0.717, 1.165) is 12.1 Å². The van der Waals surface area contributed by atoms with E-state index in [9.17, 15) is 19.7 Å². The summed E-state index contributed by atoms with van der Waals surface area (Å²) < 4.78 is 5.09. The number of ketones is 1. The molecule has 0 aromatic heterocycles. The van der Waals surface area contributed by atoms with Crippen molar-refractivity contribution in [3.63, 3.8) is 0 Å². The number of rotatable bonds is 5. The number of ether oxygens (including phenoxy) is 1. The van der Waals surface area contributed by atoms with Crippen LogP contribution in [0.4, 0.5) is 5.69 Å². The molecule has 2 rings (SSSR count). The standard InChI is InChI=1S/C16H12ClNO5/c1-10(15(19)11-5-3-2-4-6-11)23-16(20)13-8-7-12(18(21)22)9-14(13)17/h2-10H,1H3/t10-/m0/s1. The zero-order chi connectivity index (χ0) is 17.0. The number of nitro benzene ring substituents is 1. The van der Waals surface area contributed by atoms with E-state index in [1.165, 1.54) is 13.0 Å². The molecule has 0 N–H and O–H groups in total. The molecule has 0 unspecified atom stereocenters. The van der Waals surface area contributed by atoms with Crippen molar-refractivity contribution >= 4 is 29.0 Å². The first-order chi connectivity index (χ1) is 10.9. The molecule has 0 radical (unpaired) electrons. The monoisotopic (exact) mass is 333 g/mol. The second-order valence-electron chi connectivity index (χ2n) is 4.70. The van der Waals surface area contributed by atoms with Crippen LogP contribution in [-0.2, 0) is 4.74 Å². The van der Waals surface area contributed by atoms with Crippen molar-refractivity contribution in [1.82, 2.24) is 0 Å². The van der Waals surface area contributed by atoms with Gasteiger partial charge in [0.05, 0.1) is 15.5 Å². The Bertz CT molecular complexity index is 760. The number of hydrogen-bond acceptors (Lipinski definition) is 5. The molecule has 0 fully saturated rings. The molecule has 0 amide bonds. The lowest BCUT2D eigenvalue weighted by Crippen LogP contribution is -2.24. The highest BCUT2D eigenvalue weighted by molar-refractivity contribution is 6.33. The van der Waals surface area contributed by atoms with E-state index in [-0.39, 0.29) is 22.1 Å². The predicted molar refractivity (Wildman–Crippen MR) is 83.8 cm³/mol. The van der Waals surface area contributed by atoms with Gasteiger partial charge < -0.3 is 4.74 Å². The van der Waals surface area contributed by atoms with Crippen molar-refractivity contribution in [1.29, 1.82) is 0 Å². The summed E-state index contributed by atoms with van der Waals surface area (Å²) in [7, 11) is 0. The molecule has 2 aromatic carbocycles. The van der Waals surface area contributed by atoms with Gasteiger partial charge in [0, 0.05) is 17.7 Å². The van der Waals surface area contributed by atoms with Gasteiger partial charge >= 0.3 is 5.97 Å². The van der Waals surface area contributed by atoms with Gasteiger partial charge in [-0.05, 0) is 13.0 Å². The van der Waals surface area contributed by atoms with Gasteiger partial charge in [-0.1, -0.05) is 41.9 Å². The third-order valence-corrected chi connectivity index (χ3v) is 3.41. The first kappa shape index (κ1) is 16.6. The number of esters is 1. The van der Waals surface area contributed by atoms with E-state index < -0.39 is 17.0 Å². The summed E-state index contributed by atoms with van der Waals surface area (Å²) in [5, 5.41) is 10.5. The maximum atomic E-state index is 12.1. The maximum absolute atomic E-state index is 12.1. The summed E-state index contributed by atoms with van der Waals surface area (Å²) in [6.07, 6.45) is -1.00. The topological polar surface area (TPSA) is 86.5 Å². The minimum absolute atomic E-state index is 0.0371. The van der Waals surface area contributed by atoms with Crippen LogP contribution in [0.5, 0.6) is 0 Å². The van der Waals surface area contributed by atoms with Crippen molar-refractivity contribution in [3.8, 4) is 0 Å². The Kier molecular flexibility index (Phi) is 5.08. The highest BCUT2D eigenvalue weighted by Crippen LogP contribution is 2.23. The van der Waals surface area contributed by atoms with Crippen molar-refractivity contribution in [3.05, 3.63) is 74.8 Å². The van der Waals surface area contributed by atoms with Crippen molar-refractivity contribution in [2.75, 3.05) is 0 Å². The number of non-ortho nitro benzene ring substituents is 1. The van der Waals surface area contributed by atoms with Crippen LogP contribution in [0, 0.1) is 10.1 Å². The number of carbonyl (C=O) groups excluding carboxylic acids is 2. The Morgan fingerprint density at radius 1 is 1.17 bits per heavy atom. The fourth-order valence-corrected chi connectivity index (χ4v) is 2.15. The van der Waals surface area contributed by atoms with Crippen LogP contribution >= 0.6 is 11.6 Å². The van der Waals surface area contributed by atoms with Gasteiger partial charge in [-0.25, -0.2) is 4.79 Å². The first-order valence-corrected chi connectivity index (χ1v) is 7.02. The van der Waals surface area contributed by atoms with E-state index in [4.69, 9.17) is 16.3 Å². The average Bonchev–Trinajstić information content (AvgIpc) is 2.54. The van der Waals surface area contributed by atoms with Crippen molar-refractivity contribution < 1.29 is 19.2 Å². The number of benzene rings is 2. The van der Waals surface area contributed by atoms with Gasteiger partial charge in [0.1, 0.15) is 0 Å². The van der Waals surface area contributed by atoms with E-state index in [0.29, 0.717) is 5.56 Å². The summed E-state index contributed by atoms with van der Waals surface area (Å²) in [5.41, 5.74) is 0.146. The van der Waals surface area contributed by atoms with Crippen LogP contribution in [0.1, 0.15) is 27.6 Å². The molecular weight excluding hydrogens is 322 g/mol. The van der Waals surface area contributed by atoms with E-state index in [2.05, 4.69) is 0 Å². The molecule has 0 aliphatic carbocycles. The van der Waals surface area contributed by atoms with Gasteiger partial charge in [0.25, 0.3) is 5.69 Å². The second-order valence-corrected chi connectivity index (χ2v) is 5.11. The minimum atomic E-state index is -1.00. The third-order valence-electron chi connectivity index (χ3n) is 3.09. The molecule has 1 atom stereocenters. The van der Waals surface area contributed by atoms with Gasteiger partial charge in [-0.3, -0.25) is 14.9 Å². The highest BCUT2D eigenvalue weighted by atomic mass is 35.5. The summed E-state index contributed by atoms with van der Waals surface area (Å²) in [6.45, 7) is 1.45. The SMILES string of the molecule is C[C@H](OC(=O)c1ccc([N+](=O)[O-])cc1Cl)C(=O)c1ccccc1. The van der Waals surface area contributed by atoms with Crippen molar-refractivity contribution in [2.24, 2.45) is 0 Å². The molecule has 0 bridgehead atoms. The Hall–Kier alpha value is -2.73. The van der Waals surface area contributed by atoms with E-state index >= 15 is 0 Å². The van der Waals surface area contributed by atoms with E-state index in [1.807, 2.05) is 0 Å². The molecule has 0 heterocycles. The normalized spacial score (nSPS) is 11.6. The first-order valence-electron chi connectivity index (χ1n) is 6.64. The Labute approximate surface area is 136 Å². The van der Waals surface area contributed by atoms with Crippen LogP contribution in [0.3, 0.4) is 0 Å². The average molecular weight is 334 g/mol. The predicted octanol–water partition coefficient (Wildman–Crippen LogP) is 3.68. The molecule has 23 heavy (non-hydrogen) atoms. The summed E-state index contributed by atoms with van der Waals surface area (Å²) in [6, 6.07) is 11.8. The molecule has 0 spiro atoms. The van der Waals surface area contributed by atoms with Gasteiger partial charge in [-0.15, -0.1) is 0 Å². The number of nitro groups is 1. The molecule has 7 heteroatoms. The van der Waals surface area contributed by atoms with Crippen LogP contribution in [0.15, 0.2) is 48.5 Å². The lowest BCUT2D eigenvalue weighted by molar-refractivity contribution is -0.384. The molecular formula is C16H12ClNO5. The van der Waals surface area contributed by atoms with Crippen LogP contribution in [0.25, 0.3) is 0 Å². The summed E-state index contributed by atoms with van der Waals surface area (Å²) in [4.78, 5) is 34.2. The summed E-state index contributed by atoms with van der Waals surface area (Å²) >= 11 is 5.86. The Balaban J connectivity index is 2.13. The second kappa shape index (κ2) is 7.02. The van der Waals surface area contributed by atoms with Gasteiger partial charge in [0.15, 0.2) is 6.10 Å². The lowest BCUT2D eigenvalue weighted by Gasteiger charge is -2.13. The summed E-state index contributed by atoms with van der Waals surface area (Å²) in [5.74, 6) is -1.17. The number of nitrogens with zero attached hydrogens (tertiary/aromatic N) is 1. The smallest absolute Gasteiger partial charge is 0.340 e. The number of halogens is 1. The van der Waals surface area contributed by atoms with Gasteiger partial charge in [-0.2, -0.15) is 0 Å². The zero-order valence-electron chi connectivity index (χ0n) is 12.1. The number of carbonyl (C=O) groups is 2. The van der Waals surface area contributed by atoms with Crippen LogP contribution in [-0.4, -0.2) is 22.8 Å². The molecule has 6 nitrogen and oxygen atoms in total. The Morgan fingerprint density at radius 2 is 1.83 bits per heavy atom. The largest absolute Gasteiger partial charge is 0.451 e. The maximum Gasteiger partial charge on any atom is 0.340 e. The van der Waals surface area contributed by atoms with E-state index in [1.54, 1.807) is 30.3 Å². The van der Waals surface area contributed by atoms with Gasteiger partial charge in [0.2, 0.25) is 5.78 Å². The number of Topliss-reactive ketones (excluding diaryl/α,β-unsaturated/α-hetero) is 1. The molecule has 0 aliphatic heterocycles. The molecule has 0 saturated carbocycles. The zero-order valence-corrected chi connectivity index (χ0v) is 12.8. The van der Waals surface area contributed by atoms with Crippen LogP contribution < -0.4 is 0 Å². The quantitative estimate of drug-likeness (QED) is 0.360. The van der Waals surface area contributed by atoms with Crippen molar-refractivity contribution in [2.45, 2.75) is 13.0 Å². The number of hydrogen-bond donors (Lipinski definition) is 0. The molecule has 118 valence electrons. The minimum Gasteiger partial charge on any atom is -0.451 e.